The minimum absolute atomic E-state index is 0.0703. The van der Waals surface area contributed by atoms with Gasteiger partial charge in [0.05, 0.1) is 18.7 Å². The lowest BCUT2D eigenvalue weighted by Crippen LogP contribution is -2.41. The molecule has 0 aromatic heterocycles. The number of rotatable bonds is 4. The molecular formula is C13H16N2O4. The Morgan fingerprint density at radius 3 is 3.05 bits per heavy atom. The first kappa shape index (κ1) is 13.4. The maximum atomic E-state index is 11.8. The van der Waals surface area contributed by atoms with E-state index in [0.717, 1.165) is 5.56 Å². The van der Waals surface area contributed by atoms with Crippen molar-refractivity contribution in [1.29, 1.82) is 0 Å². The molecule has 1 aromatic rings. The number of nitrogens with one attached hydrogen (secondary N) is 2. The summed E-state index contributed by atoms with van der Waals surface area (Å²) in [5.41, 5.74) is 1.64. The topological polar surface area (TPSA) is 87.7 Å². The fourth-order valence-corrected chi connectivity index (χ4v) is 1.83. The third-order valence-corrected chi connectivity index (χ3v) is 2.76. The molecule has 0 aliphatic carbocycles. The number of fused-ring (bicyclic) bond motifs is 1. The quantitative estimate of drug-likeness (QED) is 0.724. The average Bonchev–Trinajstić information content (AvgIpc) is 2.37. The van der Waals surface area contributed by atoms with Crippen LogP contribution in [0.1, 0.15) is 12.0 Å². The van der Waals surface area contributed by atoms with Gasteiger partial charge in [0, 0.05) is 6.54 Å². The molecule has 19 heavy (non-hydrogen) atoms. The lowest BCUT2D eigenvalue weighted by atomic mass is 10.1. The van der Waals surface area contributed by atoms with Gasteiger partial charge < -0.3 is 20.5 Å². The highest BCUT2D eigenvalue weighted by Gasteiger charge is 2.29. The Balaban J connectivity index is 2.03. The van der Waals surface area contributed by atoms with Crippen molar-refractivity contribution in [2.45, 2.75) is 19.4 Å². The highest BCUT2D eigenvalue weighted by molar-refractivity contribution is 6.00. The molecule has 1 aliphatic heterocycles. The summed E-state index contributed by atoms with van der Waals surface area (Å²) in [6, 6.07) is 5.46. The number of aryl methyl sites for hydroxylation is 1. The van der Waals surface area contributed by atoms with Crippen LogP contribution in [0.2, 0.25) is 0 Å². The molecule has 1 atom stereocenters. The first-order valence-electron chi connectivity index (χ1n) is 6.06. The molecule has 1 aromatic carbocycles. The zero-order valence-electron chi connectivity index (χ0n) is 10.6. The van der Waals surface area contributed by atoms with Gasteiger partial charge in [0.1, 0.15) is 5.75 Å². The Morgan fingerprint density at radius 1 is 1.53 bits per heavy atom. The van der Waals surface area contributed by atoms with E-state index in [1.165, 1.54) is 0 Å². The number of ether oxygens (including phenoxy) is 1. The van der Waals surface area contributed by atoms with Crippen molar-refractivity contribution in [1.82, 2.24) is 5.32 Å². The summed E-state index contributed by atoms with van der Waals surface area (Å²) in [6.45, 7) is 1.95. The monoisotopic (exact) mass is 264 g/mol. The molecule has 0 saturated carbocycles. The third kappa shape index (κ3) is 3.23. The molecule has 0 spiro atoms. The minimum atomic E-state index is -0.839. The average molecular weight is 264 g/mol. The van der Waals surface area contributed by atoms with Gasteiger partial charge in [-0.2, -0.15) is 0 Å². The van der Waals surface area contributed by atoms with Crippen molar-refractivity contribution in [2.75, 3.05) is 18.5 Å². The van der Waals surface area contributed by atoms with Gasteiger partial charge in [-0.3, -0.25) is 9.59 Å². The number of amides is 2. The second kappa shape index (κ2) is 5.71. The van der Waals surface area contributed by atoms with Crippen molar-refractivity contribution in [3.05, 3.63) is 23.8 Å². The molecule has 2 amide bonds. The van der Waals surface area contributed by atoms with Crippen LogP contribution < -0.4 is 15.4 Å². The Hall–Kier alpha value is -2.08. The van der Waals surface area contributed by atoms with Crippen molar-refractivity contribution >= 4 is 17.5 Å². The molecule has 0 saturated heterocycles. The molecule has 1 heterocycles. The second-order valence-electron chi connectivity index (χ2n) is 4.37. The van der Waals surface area contributed by atoms with Gasteiger partial charge in [-0.1, -0.05) is 6.07 Å². The first-order chi connectivity index (χ1) is 9.10. The second-order valence-corrected chi connectivity index (χ2v) is 4.37. The maximum Gasteiger partial charge on any atom is 0.266 e. The summed E-state index contributed by atoms with van der Waals surface area (Å²) in [5, 5.41) is 13.8. The molecular weight excluding hydrogens is 248 g/mol. The molecule has 1 aliphatic rings. The fourth-order valence-electron chi connectivity index (χ4n) is 1.83. The van der Waals surface area contributed by atoms with Crippen molar-refractivity contribution in [2.24, 2.45) is 0 Å². The van der Waals surface area contributed by atoms with Crippen LogP contribution in [0.3, 0.4) is 0 Å². The van der Waals surface area contributed by atoms with Gasteiger partial charge in [0.25, 0.3) is 5.91 Å². The lowest BCUT2D eigenvalue weighted by Gasteiger charge is -2.25. The maximum absolute atomic E-state index is 11.8. The van der Waals surface area contributed by atoms with E-state index in [1.807, 2.05) is 19.1 Å². The van der Waals surface area contributed by atoms with Crippen LogP contribution in [-0.2, 0) is 9.59 Å². The van der Waals surface area contributed by atoms with E-state index in [1.54, 1.807) is 6.07 Å². The number of benzene rings is 1. The van der Waals surface area contributed by atoms with E-state index >= 15 is 0 Å². The standard InChI is InChI=1S/C13H16N2O4/c1-8-2-3-10-9(6-8)15-13(18)11(19-10)7-12(17)14-4-5-16/h2-3,6,11,16H,4-5,7H2,1H3,(H,14,17)(H,15,18). The van der Waals surface area contributed by atoms with Crippen LogP contribution in [0.15, 0.2) is 18.2 Å². The highest BCUT2D eigenvalue weighted by atomic mass is 16.5. The van der Waals surface area contributed by atoms with Gasteiger partial charge in [-0.05, 0) is 24.6 Å². The molecule has 0 bridgehead atoms. The van der Waals surface area contributed by atoms with Crippen LogP contribution in [0.5, 0.6) is 5.75 Å². The largest absolute Gasteiger partial charge is 0.478 e. The molecule has 102 valence electrons. The van der Waals surface area contributed by atoms with Crippen molar-refractivity contribution in [3.63, 3.8) is 0 Å². The molecule has 0 radical (unpaired) electrons. The molecule has 3 N–H and O–H groups in total. The van der Waals surface area contributed by atoms with Gasteiger partial charge >= 0.3 is 0 Å². The van der Waals surface area contributed by atoms with E-state index in [9.17, 15) is 9.59 Å². The number of carbonyl (C=O) groups excluding carboxylic acids is 2. The number of anilines is 1. The fraction of sp³-hybridized carbons (Fsp3) is 0.385. The third-order valence-electron chi connectivity index (χ3n) is 2.76. The van der Waals surface area contributed by atoms with Crippen molar-refractivity contribution in [3.8, 4) is 5.75 Å². The number of aliphatic hydroxyl groups excluding tert-OH is 1. The van der Waals surface area contributed by atoms with Gasteiger partial charge in [0.2, 0.25) is 5.91 Å². The number of hydrogen-bond donors (Lipinski definition) is 3. The smallest absolute Gasteiger partial charge is 0.266 e. The molecule has 6 heteroatoms. The number of hydrogen-bond acceptors (Lipinski definition) is 4. The first-order valence-corrected chi connectivity index (χ1v) is 6.06. The molecule has 6 nitrogen and oxygen atoms in total. The van der Waals surface area contributed by atoms with Crippen LogP contribution >= 0.6 is 0 Å². The molecule has 0 fully saturated rings. The Kier molecular flexibility index (Phi) is 4.01. The Bertz CT molecular complexity index is 501. The minimum Gasteiger partial charge on any atom is -0.478 e. The Morgan fingerprint density at radius 2 is 2.32 bits per heavy atom. The molecule has 2 rings (SSSR count). The predicted octanol–water partition coefficient (Wildman–Crippen LogP) is 0.193. The zero-order valence-corrected chi connectivity index (χ0v) is 10.6. The van der Waals surface area contributed by atoms with E-state index < -0.39 is 6.10 Å². The Labute approximate surface area is 110 Å². The van der Waals surface area contributed by atoms with Crippen LogP contribution in [0, 0.1) is 6.92 Å². The van der Waals surface area contributed by atoms with Crippen LogP contribution in [0.4, 0.5) is 5.69 Å². The van der Waals surface area contributed by atoms with E-state index in [-0.39, 0.29) is 31.4 Å². The normalized spacial score (nSPS) is 17.2. The summed E-state index contributed by atoms with van der Waals surface area (Å²) >= 11 is 0. The van der Waals surface area contributed by atoms with Crippen LogP contribution in [0.25, 0.3) is 0 Å². The number of aliphatic hydroxyl groups is 1. The van der Waals surface area contributed by atoms with Crippen molar-refractivity contribution < 1.29 is 19.4 Å². The predicted molar refractivity (Wildman–Crippen MR) is 68.9 cm³/mol. The summed E-state index contributed by atoms with van der Waals surface area (Å²) in [7, 11) is 0. The zero-order chi connectivity index (χ0) is 13.8. The summed E-state index contributed by atoms with van der Waals surface area (Å²) in [6.07, 6.45) is -0.909. The number of carbonyl (C=O) groups is 2. The van der Waals surface area contributed by atoms with E-state index in [2.05, 4.69) is 10.6 Å². The van der Waals surface area contributed by atoms with Crippen LogP contribution in [-0.4, -0.2) is 36.2 Å². The summed E-state index contributed by atoms with van der Waals surface area (Å²) < 4.78 is 5.51. The van der Waals surface area contributed by atoms with E-state index in [4.69, 9.17) is 9.84 Å². The van der Waals surface area contributed by atoms with E-state index in [0.29, 0.717) is 11.4 Å². The lowest BCUT2D eigenvalue weighted by molar-refractivity contribution is -0.130. The van der Waals surface area contributed by atoms with Gasteiger partial charge in [-0.25, -0.2) is 0 Å². The summed E-state index contributed by atoms with van der Waals surface area (Å²) in [5.74, 6) is -0.104. The summed E-state index contributed by atoms with van der Waals surface area (Å²) in [4.78, 5) is 23.3. The molecule has 1 unspecified atom stereocenters. The van der Waals surface area contributed by atoms with Gasteiger partial charge in [0.15, 0.2) is 6.10 Å². The highest BCUT2D eigenvalue weighted by Crippen LogP contribution is 2.30. The SMILES string of the molecule is Cc1ccc2c(c1)NC(=O)C(CC(=O)NCCO)O2. The van der Waals surface area contributed by atoms with Gasteiger partial charge in [-0.15, -0.1) is 0 Å².